The Labute approximate surface area is 138 Å². The molecule has 0 aliphatic heterocycles. The van der Waals surface area contributed by atoms with Gasteiger partial charge >= 0.3 is 0 Å². The van der Waals surface area contributed by atoms with Gasteiger partial charge in [0.15, 0.2) is 0 Å². The monoisotopic (exact) mass is 316 g/mol. The normalized spacial score (nSPS) is 11.5. The molecule has 0 radical (unpaired) electrons. The molecule has 118 valence electrons. The number of hydrogen-bond donors (Lipinski definition) is 3. The van der Waals surface area contributed by atoms with Crippen LogP contribution in [0, 0.1) is 16.7 Å². The number of nitrogens with zero attached hydrogens (tertiary/aromatic N) is 1. The van der Waals surface area contributed by atoms with Gasteiger partial charge in [-0.05, 0) is 51.9 Å². The molecule has 3 aromatic rings. The van der Waals surface area contributed by atoms with Gasteiger partial charge in [0, 0.05) is 24.5 Å². The van der Waals surface area contributed by atoms with E-state index in [4.69, 9.17) is 16.4 Å². The maximum atomic E-state index is 12.3. The van der Waals surface area contributed by atoms with Crippen LogP contribution >= 0.6 is 0 Å². The number of nitriles is 1. The van der Waals surface area contributed by atoms with E-state index in [0.29, 0.717) is 23.9 Å². The number of rotatable bonds is 4. The first-order valence-electron chi connectivity index (χ1n) is 7.56. The van der Waals surface area contributed by atoms with Crippen LogP contribution in [-0.2, 0) is 6.42 Å². The summed E-state index contributed by atoms with van der Waals surface area (Å²) in [5.74, 6) is 0. The predicted molar refractivity (Wildman–Crippen MR) is 97.0 cm³/mol. The van der Waals surface area contributed by atoms with Gasteiger partial charge in [0.2, 0.25) is 0 Å². The number of nitrogens with one attached hydrogen (secondary N) is 2. The molecule has 0 unspecified atom stereocenters. The second-order valence-electron chi connectivity index (χ2n) is 5.51. The van der Waals surface area contributed by atoms with Crippen LogP contribution in [0.4, 0.5) is 0 Å². The minimum Gasteiger partial charge on any atom is -0.398 e. The molecule has 2 aromatic carbocycles. The number of aryl methyl sites for hydroxylation is 1. The molecule has 0 bridgehead atoms. The highest BCUT2D eigenvalue weighted by atomic mass is 16.1. The van der Waals surface area contributed by atoms with Crippen LogP contribution in [0.5, 0.6) is 0 Å². The topological polar surface area (TPSA) is 107 Å². The Morgan fingerprint density at radius 3 is 2.88 bits per heavy atom. The average Bonchev–Trinajstić information content (AvgIpc) is 2.59. The Hall–Kier alpha value is -3.39. The van der Waals surface area contributed by atoms with Crippen LogP contribution in [0.3, 0.4) is 0 Å². The van der Waals surface area contributed by atoms with Crippen LogP contribution in [0.1, 0.15) is 17.5 Å². The summed E-state index contributed by atoms with van der Waals surface area (Å²) in [7, 11) is 0. The third kappa shape index (κ3) is 2.66. The molecule has 0 saturated carbocycles. The number of allylic oxidation sites excluding steroid dienone is 1. The number of H-pyrrole nitrogens is 1. The molecule has 0 amide bonds. The molecule has 1 aromatic heterocycles. The molecule has 5 nitrogen and oxygen atoms in total. The van der Waals surface area contributed by atoms with Gasteiger partial charge in [-0.3, -0.25) is 4.79 Å². The number of aromatic nitrogens is 1. The lowest BCUT2D eigenvalue weighted by Gasteiger charge is -2.11. The summed E-state index contributed by atoms with van der Waals surface area (Å²) in [5, 5.41) is 19.2. The van der Waals surface area contributed by atoms with Crippen LogP contribution < -0.4 is 11.3 Å². The molecule has 0 atom stereocenters. The minimum absolute atomic E-state index is 0.156. The van der Waals surface area contributed by atoms with E-state index in [0.717, 1.165) is 33.5 Å². The molecule has 24 heavy (non-hydrogen) atoms. The highest BCUT2D eigenvalue weighted by molar-refractivity contribution is 6.09. The van der Waals surface area contributed by atoms with Crippen molar-refractivity contribution in [3.8, 4) is 6.07 Å². The number of nitrogens with two attached hydrogens (primary N) is 1. The van der Waals surface area contributed by atoms with Crippen molar-refractivity contribution in [2.24, 2.45) is 5.73 Å². The third-order valence-corrected chi connectivity index (χ3v) is 4.06. The molecule has 5 heteroatoms. The van der Waals surface area contributed by atoms with Gasteiger partial charge < -0.3 is 16.1 Å². The number of benzene rings is 2. The molecule has 0 saturated heterocycles. The van der Waals surface area contributed by atoms with Gasteiger partial charge in [0.05, 0.1) is 11.5 Å². The van der Waals surface area contributed by atoms with Crippen molar-refractivity contribution >= 4 is 33.5 Å². The Bertz CT molecular complexity index is 1070. The fourth-order valence-electron chi connectivity index (χ4n) is 2.95. The largest absolute Gasteiger partial charge is 0.398 e. The summed E-state index contributed by atoms with van der Waals surface area (Å²) in [5.41, 5.74) is 8.08. The number of pyridine rings is 1. The van der Waals surface area contributed by atoms with Crippen LogP contribution in [-0.4, -0.2) is 11.2 Å². The second-order valence-corrected chi connectivity index (χ2v) is 5.51. The summed E-state index contributed by atoms with van der Waals surface area (Å²) in [6.07, 6.45) is 5.31. The Kier molecular flexibility index (Phi) is 4.13. The number of hydrogen-bond acceptors (Lipinski definition) is 4. The lowest BCUT2D eigenvalue weighted by Crippen LogP contribution is -2.06. The SMILES string of the molecule is N#CCCc1cc2cc[nH]c(=O)c2c2cc(/C(N)=C/C=N)ccc12. The van der Waals surface area contributed by atoms with Crippen molar-refractivity contribution in [3.05, 3.63) is 64.1 Å². The van der Waals surface area contributed by atoms with Gasteiger partial charge in [-0.15, -0.1) is 0 Å². The molecule has 0 aliphatic rings. The zero-order valence-electron chi connectivity index (χ0n) is 13.0. The van der Waals surface area contributed by atoms with Crippen molar-refractivity contribution in [1.82, 2.24) is 4.98 Å². The maximum absolute atomic E-state index is 12.3. The van der Waals surface area contributed by atoms with E-state index in [1.807, 2.05) is 30.3 Å². The van der Waals surface area contributed by atoms with E-state index >= 15 is 0 Å². The summed E-state index contributed by atoms with van der Waals surface area (Å²) >= 11 is 0. The van der Waals surface area contributed by atoms with Crippen molar-refractivity contribution in [2.75, 3.05) is 0 Å². The highest BCUT2D eigenvalue weighted by Gasteiger charge is 2.11. The number of fused-ring (bicyclic) bond motifs is 3. The van der Waals surface area contributed by atoms with E-state index in [2.05, 4.69) is 11.1 Å². The lowest BCUT2D eigenvalue weighted by molar-refractivity contribution is 1.02. The van der Waals surface area contributed by atoms with Crippen molar-refractivity contribution in [1.29, 1.82) is 10.7 Å². The van der Waals surface area contributed by atoms with Crippen LogP contribution in [0.15, 0.2) is 47.4 Å². The van der Waals surface area contributed by atoms with Gasteiger partial charge in [-0.2, -0.15) is 5.26 Å². The molecule has 0 aliphatic carbocycles. The standard InChI is InChI=1S/C19H16N4O/c20-7-1-2-12-10-14-6-9-23-19(24)18(14)16-11-13(3-4-15(12)16)17(22)5-8-21/h3-6,8-11,21H,1-2,22H2,(H,23,24)/b17-5-,21-8?. The predicted octanol–water partition coefficient (Wildman–Crippen LogP) is 3.09. The molecule has 0 spiro atoms. The highest BCUT2D eigenvalue weighted by Crippen LogP contribution is 2.29. The van der Waals surface area contributed by atoms with Crippen molar-refractivity contribution in [3.63, 3.8) is 0 Å². The lowest BCUT2D eigenvalue weighted by atomic mass is 9.94. The zero-order chi connectivity index (χ0) is 17.1. The molecule has 1 heterocycles. The fourth-order valence-corrected chi connectivity index (χ4v) is 2.95. The summed E-state index contributed by atoms with van der Waals surface area (Å²) in [6, 6.07) is 11.7. The van der Waals surface area contributed by atoms with E-state index in [9.17, 15) is 4.79 Å². The molecular formula is C19H16N4O. The quantitative estimate of drug-likeness (QED) is 0.508. The Morgan fingerprint density at radius 2 is 2.12 bits per heavy atom. The molecule has 4 N–H and O–H groups in total. The smallest absolute Gasteiger partial charge is 0.256 e. The van der Waals surface area contributed by atoms with E-state index < -0.39 is 0 Å². The first kappa shape index (κ1) is 15.5. The van der Waals surface area contributed by atoms with E-state index in [-0.39, 0.29) is 5.56 Å². The van der Waals surface area contributed by atoms with Gasteiger partial charge in [0.25, 0.3) is 5.56 Å². The zero-order valence-corrected chi connectivity index (χ0v) is 13.0. The maximum Gasteiger partial charge on any atom is 0.256 e. The van der Waals surface area contributed by atoms with E-state index in [1.165, 1.54) is 6.08 Å². The minimum atomic E-state index is -0.156. The second kappa shape index (κ2) is 6.39. The Morgan fingerprint density at radius 1 is 1.29 bits per heavy atom. The van der Waals surface area contributed by atoms with Crippen LogP contribution in [0.25, 0.3) is 27.2 Å². The third-order valence-electron chi connectivity index (χ3n) is 4.06. The molecular weight excluding hydrogens is 300 g/mol. The van der Waals surface area contributed by atoms with E-state index in [1.54, 1.807) is 6.20 Å². The van der Waals surface area contributed by atoms with Gasteiger partial charge in [-0.25, -0.2) is 0 Å². The summed E-state index contributed by atoms with van der Waals surface area (Å²) < 4.78 is 0. The summed E-state index contributed by atoms with van der Waals surface area (Å²) in [4.78, 5) is 15.0. The number of aromatic amines is 1. The van der Waals surface area contributed by atoms with Gasteiger partial charge in [0.1, 0.15) is 0 Å². The Balaban J connectivity index is 2.40. The van der Waals surface area contributed by atoms with Crippen molar-refractivity contribution in [2.45, 2.75) is 12.8 Å². The first-order chi connectivity index (χ1) is 11.7. The molecule has 3 rings (SSSR count). The van der Waals surface area contributed by atoms with Crippen LogP contribution in [0.2, 0.25) is 0 Å². The average molecular weight is 316 g/mol. The fraction of sp³-hybridized carbons (Fsp3) is 0.105. The first-order valence-corrected chi connectivity index (χ1v) is 7.56. The molecule has 0 fully saturated rings. The van der Waals surface area contributed by atoms with Gasteiger partial charge in [-0.1, -0.05) is 18.2 Å². The van der Waals surface area contributed by atoms with Crippen molar-refractivity contribution < 1.29 is 0 Å². The summed E-state index contributed by atoms with van der Waals surface area (Å²) in [6.45, 7) is 0.